The molecule has 0 aliphatic heterocycles. The number of nitrogens with two attached hydrogens (primary N) is 1. The Morgan fingerprint density at radius 1 is 0.963 bits per heavy atom. The van der Waals surface area contributed by atoms with Crippen molar-refractivity contribution in [1.82, 2.24) is 0 Å². The maximum atomic E-state index is 11.7. The third-order valence-corrected chi connectivity index (χ3v) is 4.10. The first-order valence-electron chi connectivity index (χ1n) is 8.70. The van der Waals surface area contributed by atoms with E-state index in [0.29, 0.717) is 12.3 Å². The lowest BCUT2D eigenvalue weighted by atomic mass is 10.1. The molecule has 1 atom stereocenters. The van der Waals surface area contributed by atoms with Gasteiger partial charge in [0.2, 0.25) is 5.91 Å². The highest BCUT2D eigenvalue weighted by molar-refractivity contribution is 5.94. The molecule has 1 amide bonds. The molecule has 0 aliphatic rings. The molecule has 0 fully saturated rings. The number of benzene rings is 3. The van der Waals surface area contributed by atoms with Crippen LogP contribution >= 0.6 is 0 Å². The Morgan fingerprint density at radius 3 is 2.41 bits per heavy atom. The van der Waals surface area contributed by atoms with Gasteiger partial charge in [-0.3, -0.25) is 4.79 Å². The highest BCUT2D eigenvalue weighted by Gasteiger charge is 2.11. The zero-order valence-corrected chi connectivity index (χ0v) is 14.8. The van der Waals surface area contributed by atoms with E-state index in [-0.39, 0.29) is 6.61 Å². The van der Waals surface area contributed by atoms with Gasteiger partial charge in [-0.15, -0.1) is 0 Å². The van der Waals surface area contributed by atoms with Crippen LogP contribution in [0, 0.1) is 0 Å². The number of carbonyl (C=O) groups is 1. The fraction of sp³-hybridized carbons (Fsp3) is 0.136. The first-order valence-corrected chi connectivity index (χ1v) is 8.70. The van der Waals surface area contributed by atoms with E-state index in [4.69, 9.17) is 15.6 Å². The predicted octanol–water partition coefficient (Wildman–Crippen LogP) is 3.19. The molecule has 5 heteroatoms. The lowest BCUT2D eigenvalue weighted by molar-refractivity contribution is -0.118. The Labute approximate surface area is 158 Å². The smallest absolute Gasteiger partial charge is 0.243 e. The van der Waals surface area contributed by atoms with Crippen LogP contribution in [-0.4, -0.2) is 23.7 Å². The Balaban J connectivity index is 1.66. The van der Waals surface area contributed by atoms with Crippen molar-refractivity contribution in [3.05, 3.63) is 84.4 Å². The second kappa shape index (κ2) is 8.98. The number of amides is 1. The van der Waals surface area contributed by atoms with Crippen molar-refractivity contribution in [3.8, 4) is 16.9 Å². The summed E-state index contributed by atoms with van der Waals surface area (Å²) in [6.45, 7) is 0.125. The Morgan fingerprint density at radius 2 is 1.70 bits per heavy atom. The monoisotopic (exact) mass is 362 g/mol. The van der Waals surface area contributed by atoms with Crippen molar-refractivity contribution < 1.29 is 14.6 Å². The molecule has 0 aromatic heterocycles. The summed E-state index contributed by atoms with van der Waals surface area (Å²) in [4.78, 5) is 11.7. The van der Waals surface area contributed by atoms with E-state index in [0.717, 1.165) is 22.4 Å². The highest BCUT2D eigenvalue weighted by atomic mass is 16.5. The van der Waals surface area contributed by atoms with Gasteiger partial charge in [0.05, 0.1) is 6.61 Å². The van der Waals surface area contributed by atoms with Gasteiger partial charge in [-0.05, 0) is 41.0 Å². The number of rotatable bonds is 7. The molecule has 0 aliphatic carbocycles. The van der Waals surface area contributed by atoms with Crippen LogP contribution in [-0.2, 0) is 11.4 Å². The van der Waals surface area contributed by atoms with Gasteiger partial charge < -0.3 is 20.9 Å². The van der Waals surface area contributed by atoms with Crippen molar-refractivity contribution in [2.45, 2.75) is 12.6 Å². The number of aliphatic hydroxyl groups is 1. The minimum atomic E-state index is -0.928. The summed E-state index contributed by atoms with van der Waals surface area (Å²) in [6, 6.07) is 24.4. The summed E-state index contributed by atoms with van der Waals surface area (Å²) in [6.07, 6.45) is 0. The molecular formula is C22H22N2O3. The van der Waals surface area contributed by atoms with E-state index >= 15 is 0 Å². The average Bonchev–Trinajstić information content (AvgIpc) is 2.73. The van der Waals surface area contributed by atoms with Crippen molar-refractivity contribution in [3.63, 3.8) is 0 Å². The molecule has 0 spiro atoms. The lowest BCUT2D eigenvalue weighted by Crippen LogP contribution is -2.38. The van der Waals surface area contributed by atoms with Gasteiger partial charge in [0.1, 0.15) is 18.4 Å². The topological polar surface area (TPSA) is 84.6 Å². The number of carbonyl (C=O) groups excluding carboxylic acids is 1. The fourth-order valence-corrected chi connectivity index (χ4v) is 2.57. The standard InChI is InChI=1S/C22H22N2O3/c23-21(14-25)22(26)24-19-11-9-17(10-12-19)18-7-4-8-20(13-18)27-15-16-5-2-1-3-6-16/h1-13,21,25H,14-15,23H2,(H,24,26). The van der Waals surface area contributed by atoms with E-state index in [9.17, 15) is 4.79 Å². The molecule has 3 aromatic carbocycles. The van der Waals surface area contributed by atoms with Crippen LogP contribution in [0.15, 0.2) is 78.9 Å². The van der Waals surface area contributed by atoms with E-state index in [2.05, 4.69) is 5.32 Å². The van der Waals surface area contributed by atoms with Crippen LogP contribution in [0.2, 0.25) is 0 Å². The van der Waals surface area contributed by atoms with Crippen molar-refractivity contribution in [2.24, 2.45) is 5.73 Å². The first kappa shape index (κ1) is 18.6. The predicted molar refractivity (Wildman–Crippen MR) is 106 cm³/mol. The zero-order chi connectivity index (χ0) is 19.1. The van der Waals surface area contributed by atoms with Gasteiger partial charge in [-0.25, -0.2) is 0 Å². The number of hydrogen-bond acceptors (Lipinski definition) is 4. The average molecular weight is 362 g/mol. The third kappa shape index (κ3) is 5.17. The van der Waals surface area contributed by atoms with Gasteiger partial charge >= 0.3 is 0 Å². The minimum absolute atomic E-state index is 0.389. The van der Waals surface area contributed by atoms with E-state index < -0.39 is 11.9 Å². The van der Waals surface area contributed by atoms with Crippen LogP contribution in [0.1, 0.15) is 5.56 Å². The van der Waals surface area contributed by atoms with Gasteiger partial charge in [-0.1, -0.05) is 54.6 Å². The minimum Gasteiger partial charge on any atom is -0.489 e. The van der Waals surface area contributed by atoms with E-state index in [1.165, 1.54) is 0 Å². The summed E-state index contributed by atoms with van der Waals surface area (Å²) in [5.74, 6) is 0.379. The van der Waals surface area contributed by atoms with Crippen molar-refractivity contribution >= 4 is 11.6 Å². The second-order valence-corrected chi connectivity index (χ2v) is 6.16. The number of aliphatic hydroxyl groups excluding tert-OH is 1. The van der Waals surface area contributed by atoms with Crippen LogP contribution in [0.25, 0.3) is 11.1 Å². The molecule has 0 saturated heterocycles. The second-order valence-electron chi connectivity index (χ2n) is 6.16. The Hall–Kier alpha value is -3.15. The maximum Gasteiger partial charge on any atom is 0.243 e. The molecule has 0 heterocycles. The maximum absolute atomic E-state index is 11.7. The molecule has 0 saturated carbocycles. The van der Waals surface area contributed by atoms with Gasteiger partial charge in [0, 0.05) is 5.69 Å². The SMILES string of the molecule is NC(CO)C(=O)Nc1ccc(-c2cccc(OCc3ccccc3)c2)cc1. The summed E-state index contributed by atoms with van der Waals surface area (Å²) in [5.41, 5.74) is 9.26. The van der Waals surface area contributed by atoms with Crippen LogP contribution in [0.3, 0.4) is 0 Å². The molecule has 0 radical (unpaired) electrons. The first-order chi connectivity index (χ1) is 13.2. The number of anilines is 1. The summed E-state index contributed by atoms with van der Waals surface area (Å²) in [7, 11) is 0. The number of nitrogens with one attached hydrogen (secondary N) is 1. The fourth-order valence-electron chi connectivity index (χ4n) is 2.57. The van der Waals surface area contributed by atoms with E-state index in [1.807, 2.05) is 66.7 Å². The Bertz CT molecular complexity index is 880. The molecule has 4 N–H and O–H groups in total. The summed E-state index contributed by atoms with van der Waals surface area (Å²) >= 11 is 0. The molecule has 27 heavy (non-hydrogen) atoms. The molecule has 0 bridgehead atoms. The molecule has 138 valence electrons. The summed E-state index contributed by atoms with van der Waals surface area (Å²) in [5, 5.41) is 11.6. The molecule has 3 rings (SSSR count). The zero-order valence-electron chi connectivity index (χ0n) is 14.8. The van der Waals surface area contributed by atoms with Crippen molar-refractivity contribution in [1.29, 1.82) is 0 Å². The third-order valence-electron chi connectivity index (χ3n) is 4.10. The molecule has 3 aromatic rings. The van der Waals surface area contributed by atoms with Crippen LogP contribution in [0.5, 0.6) is 5.75 Å². The number of ether oxygens (including phenoxy) is 1. The highest BCUT2D eigenvalue weighted by Crippen LogP contribution is 2.25. The molecule has 1 unspecified atom stereocenters. The van der Waals surface area contributed by atoms with Gasteiger partial charge in [0.15, 0.2) is 0 Å². The Kier molecular flexibility index (Phi) is 6.20. The largest absolute Gasteiger partial charge is 0.489 e. The molecule has 5 nitrogen and oxygen atoms in total. The van der Waals surface area contributed by atoms with Gasteiger partial charge in [0.25, 0.3) is 0 Å². The number of hydrogen-bond donors (Lipinski definition) is 3. The molecular weight excluding hydrogens is 340 g/mol. The van der Waals surface area contributed by atoms with E-state index in [1.54, 1.807) is 12.1 Å². The lowest BCUT2D eigenvalue weighted by Gasteiger charge is -2.11. The quantitative estimate of drug-likeness (QED) is 0.603. The van der Waals surface area contributed by atoms with Crippen LogP contribution < -0.4 is 15.8 Å². The van der Waals surface area contributed by atoms with Crippen LogP contribution in [0.4, 0.5) is 5.69 Å². The summed E-state index contributed by atoms with van der Waals surface area (Å²) < 4.78 is 5.87. The van der Waals surface area contributed by atoms with Crippen molar-refractivity contribution in [2.75, 3.05) is 11.9 Å². The van der Waals surface area contributed by atoms with Gasteiger partial charge in [-0.2, -0.15) is 0 Å². The normalized spacial score (nSPS) is 11.6.